The molecule has 0 spiro atoms. The standard InChI is InChI=1S/C18H18F2N2O3S/c1-12-10-18(2,20)6-5-16(26(22,23)24)3-4-17(12)25-15-8-13(11-21)7-14(19)9-15/h3-4,7-9H,1,5-6,10H2,2H3,(H2,22,23,24)/b16-3+,17-4?. The summed E-state index contributed by atoms with van der Waals surface area (Å²) in [6, 6.07) is 5.20. The first kappa shape index (κ1) is 19.8. The third kappa shape index (κ3) is 5.25. The Morgan fingerprint density at radius 1 is 1.35 bits per heavy atom. The maximum absolute atomic E-state index is 14.7. The number of alkyl halides is 1. The topological polar surface area (TPSA) is 93.2 Å². The predicted molar refractivity (Wildman–Crippen MR) is 93.5 cm³/mol. The van der Waals surface area contributed by atoms with Gasteiger partial charge >= 0.3 is 0 Å². The van der Waals surface area contributed by atoms with Crippen LogP contribution in [0.15, 0.2) is 53.2 Å². The molecule has 1 aromatic carbocycles. The van der Waals surface area contributed by atoms with Crippen molar-refractivity contribution in [2.75, 3.05) is 0 Å². The fourth-order valence-electron chi connectivity index (χ4n) is 2.53. The summed E-state index contributed by atoms with van der Waals surface area (Å²) < 4.78 is 57.1. The van der Waals surface area contributed by atoms with E-state index in [1.165, 1.54) is 25.1 Å². The third-order valence-electron chi connectivity index (χ3n) is 3.84. The van der Waals surface area contributed by atoms with Crippen LogP contribution in [-0.2, 0) is 10.0 Å². The molecular formula is C18H18F2N2O3S. The second-order valence-electron chi connectivity index (χ2n) is 6.29. The minimum atomic E-state index is -4.00. The second kappa shape index (κ2) is 7.40. The van der Waals surface area contributed by atoms with Crippen molar-refractivity contribution in [3.8, 4) is 11.8 Å². The molecule has 0 aromatic heterocycles. The van der Waals surface area contributed by atoms with Crippen molar-refractivity contribution in [1.82, 2.24) is 0 Å². The van der Waals surface area contributed by atoms with Gasteiger partial charge < -0.3 is 4.74 Å². The molecule has 2 rings (SSSR count). The lowest BCUT2D eigenvalue weighted by Gasteiger charge is -2.22. The lowest BCUT2D eigenvalue weighted by atomic mass is 9.94. The largest absolute Gasteiger partial charge is 0.457 e. The Labute approximate surface area is 151 Å². The van der Waals surface area contributed by atoms with Crippen molar-refractivity contribution in [2.45, 2.75) is 31.9 Å². The Kier molecular flexibility index (Phi) is 5.64. The molecule has 0 saturated carbocycles. The molecule has 2 N–H and O–H groups in total. The second-order valence-corrected chi connectivity index (χ2v) is 7.91. The van der Waals surface area contributed by atoms with Crippen molar-refractivity contribution in [3.63, 3.8) is 0 Å². The van der Waals surface area contributed by atoms with E-state index in [1.54, 1.807) is 6.07 Å². The minimum absolute atomic E-state index is 0.0133. The zero-order chi connectivity index (χ0) is 19.5. The van der Waals surface area contributed by atoms with Crippen LogP contribution in [0.3, 0.4) is 0 Å². The molecule has 0 radical (unpaired) electrons. The molecule has 26 heavy (non-hydrogen) atoms. The van der Waals surface area contributed by atoms with Gasteiger partial charge in [0.15, 0.2) is 0 Å². The van der Waals surface area contributed by atoms with Gasteiger partial charge in [-0.25, -0.2) is 22.3 Å². The number of nitriles is 1. The van der Waals surface area contributed by atoms with Crippen LogP contribution in [-0.4, -0.2) is 14.1 Å². The van der Waals surface area contributed by atoms with E-state index in [0.717, 1.165) is 12.1 Å². The predicted octanol–water partition coefficient (Wildman–Crippen LogP) is 3.60. The molecule has 0 heterocycles. The van der Waals surface area contributed by atoms with E-state index in [4.69, 9.17) is 15.1 Å². The molecule has 1 atom stereocenters. The lowest BCUT2D eigenvalue weighted by molar-refractivity contribution is 0.174. The molecule has 8 heteroatoms. The zero-order valence-electron chi connectivity index (χ0n) is 14.1. The molecule has 0 aliphatic heterocycles. The lowest BCUT2D eigenvalue weighted by Crippen LogP contribution is -2.21. The van der Waals surface area contributed by atoms with Gasteiger partial charge in [-0.15, -0.1) is 0 Å². The van der Waals surface area contributed by atoms with Crippen LogP contribution in [0.25, 0.3) is 0 Å². The Balaban J connectivity index is 2.47. The van der Waals surface area contributed by atoms with E-state index in [2.05, 4.69) is 6.58 Å². The highest BCUT2D eigenvalue weighted by molar-refractivity contribution is 7.93. The van der Waals surface area contributed by atoms with Gasteiger partial charge in [-0.2, -0.15) is 5.26 Å². The number of primary sulfonamides is 1. The molecule has 1 aromatic rings. The number of rotatable bonds is 3. The summed E-state index contributed by atoms with van der Waals surface area (Å²) >= 11 is 0. The highest BCUT2D eigenvalue weighted by Crippen LogP contribution is 2.33. The quantitative estimate of drug-likeness (QED) is 0.867. The summed E-state index contributed by atoms with van der Waals surface area (Å²) in [4.78, 5) is -0.144. The van der Waals surface area contributed by atoms with Gasteiger partial charge in [0.2, 0.25) is 10.0 Å². The van der Waals surface area contributed by atoms with Crippen LogP contribution in [0.4, 0.5) is 8.78 Å². The van der Waals surface area contributed by atoms with Crippen molar-refractivity contribution in [1.29, 1.82) is 5.26 Å². The molecule has 1 unspecified atom stereocenters. The first-order valence-corrected chi connectivity index (χ1v) is 9.24. The van der Waals surface area contributed by atoms with E-state index in [9.17, 15) is 17.2 Å². The molecule has 0 saturated heterocycles. The molecule has 0 bridgehead atoms. The van der Waals surface area contributed by atoms with Gasteiger partial charge in [-0.3, -0.25) is 0 Å². The van der Waals surface area contributed by atoms with Crippen molar-refractivity contribution in [3.05, 3.63) is 64.5 Å². The van der Waals surface area contributed by atoms with Crippen molar-refractivity contribution >= 4 is 10.0 Å². The number of benzene rings is 1. The van der Waals surface area contributed by atoms with Gasteiger partial charge in [0.05, 0.1) is 16.5 Å². The number of allylic oxidation sites excluding steroid dienone is 4. The van der Waals surface area contributed by atoms with Crippen molar-refractivity contribution < 1.29 is 21.9 Å². The van der Waals surface area contributed by atoms with Gasteiger partial charge in [0, 0.05) is 12.5 Å². The normalized spacial score (nSPS) is 23.6. The fourth-order valence-corrected chi connectivity index (χ4v) is 3.17. The van der Waals surface area contributed by atoms with E-state index in [1.807, 2.05) is 0 Å². The summed E-state index contributed by atoms with van der Waals surface area (Å²) in [5.74, 6) is -0.602. The molecule has 1 aliphatic rings. The van der Waals surface area contributed by atoms with E-state index in [0.29, 0.717) is 0 Å². The van der Waals surface area contributed by atoms with Crippen molar-refractivity contribution in [2.24, 2.45) is 5.14 Å². The molecule has 138 valence electrons. The van der Waals surface area contributed by atoms with Crippen LogP contribution >= 0.6 is 0 Å². The maximum Gasteiger partial charge on any atom is 0.234 e. The van der Waals surface area contributed by atoms with Gasteiger partial charge in [-0.1, -0.05) is 6.58 Å². The third-order valence-corrected chi connectivity index (χ3v) is 4.91. The summed E-state index contributed by atoms with van der Waals surface area (Å²) in [7, 11) is -4.00. The zero-order valence-corrected chi connectivity index (χ0v) is 14.9. The van der Waals surface area contributed by atoms with Gasteiger partial charge in [-0.05, 0) is 49.6 Å². The van der Waals surface area contributed by atoms with Crippen LogP contribution in [0, 0.1) is 17.1 Å². The average molecular weight is 380 g/mol. The maximum atomic E-state index is 14.7. The number of halogens is 2. The number of nitrogens with two attached hydrogens (primary N) is 1. The summed E-state index contributed by atoms with van der Waals surface area (Å²) in [6.07, 6.45) is 2.29. The molecule has 5 nitrogen and oxygen atoms in total. The highest BCUT2D eigenvalue weighted by Gasteiger charge is 2.29. The van der Waals surface area contributed by atoms with E-state index in [-0.39, 0.29) is 46.8 Å². The Morgan fingerprint density at radius 3 is 2.65 bits per heavy atom. The first-order valence-electron chi connectivity index (χ1n) is 7.69. The van der Waals surface area contributed by atoms with E-state index < -0.39 is 21.5 Å². The first-order chi connectivity index (χ1) is 12.0. The number of ether oxygens (including phenoxy) is 1. The van der Waals surface area contributed by atoms with Crippen LogP contribution < -0.4 is 9.88 Å². The molecule has 0 amide bonds. The Morgan fingerprint density at radius 2 is 2.04 bits per heavy atom. The number of nitrogens with zero attached hydrogens (tertiary/aromatic N) is 1. The van der Waals surface area contributed by atoms with Crippen LogP contribution in [0.2, 0.25) is 0 Å². The fraction of sp³-hybridized carbons (Fsp3) is 0.278. The summed E-state index contributed by atoms with van der Waals surface area (Å²) in [5.41, 5.74) is -1.41. The minimum Gasteiger partial charge on any atom is -0.457 e. The van der Waals surface area contributed by atoms with Gasteiger partial charge in [0.1, 0.15) is 23.0 Å². The SMILES string of the molecule is C=C1CC(C)(F)CC/C(S(N)(=O)=O)=C\C=C1Oc1cc(F)cc(C#N)c1. The number of hydrogen-bond acceptors (Lipinski definition) is 4. The molecule has 1 aliphatic carbocycles. The van der Waals surface area contributed by atoms with E-state index >= 15 is 0 Å². The summed E-state index contributed by atoms with van der Waals surface area (Å²) in [5, 5.41) is 14.1. The Hall–Kier alpha value is -2.50. The number of sulfonamides is 1. The number of hydrogen-bond donors (Lipinski definition) is 1. The molecule has 0 fully saturated rings. The highest BCUT2D eigenvalue weighted by atomic mass is 32.2. The van der Waals surface area contributed by atoms with Crippen LogP contribution in [0.5, 0.6) is 5.75 Å². The van der Waals surface area contributed by atoms with Crippen LogP contribution in [0.1, 0.15) is 31.7 Å². The Bertz CT molecular complexity index is 942. The molecular weight excluding hydrogens is 362 g/mol. The summed E-state index contributed by atoms with van der Waals surface area (Å²) in [6.45, 7) is 5.11. The van der Waals surface area contributed by atoms with Gasteiger partial charge in [0.25, 0.3) is 0 Å². The monoisotopic (exact) mass is 380 g/mol. The average Bonchev–Trinajstić information content (AvgIpc) is 2.55. The smallest absolute Gasteiger partial charge is 0.234 e.